The average molecular weight is 374 g/mol. The second-order valence-corrected chi connectivity index (χ2v) is 6.57. The van der Waals surface area contributed by atoms with Crippen LogP contribution in [0.5, 0.6) is 23.0 Å². The van der Waals surface area contributed by atoms with Crippen molar-refractivity contribution < 1.29 is 28.9 Å². The first kappa shape index (κ1) is 16.4. The van der Waals surface area contributed by atoms with E-state index in [1.807, 2.05) is 12.1 Å². The van der Waals surface area contributed by atoms with E-state index in [1.54, 1.807) is 36.4 Å². The van der Waals surface area contributed by atoms with Crippen LogP contribution in [0.2, 0.25) is 0 Å². The zero-order chi connectivity index (χ0) is 19.5. The molecule has 0 aromatic heterocycles. The maximum atomic E-state index is 12.7. The number of methoxy groups -OCH3 is 1. The predicted molar refractivity (Wildman–Crippen MR) is 98.3 cm³/mol. The van der Waals surface area contributed by atoms with Gasteiger partial charge in [-0.3, -0.25) is 4.79 Å². The van der Waals surface area contributed by atoms with Crippen molar-refractivity contribution in [1.82, 2.24) is 0 Å². The van der Waals surface area contributed by atoms with Crippen LogP contribution in [-0.2, 0) is 10.3 Å². The van der Waals surface area contributed by atoms with Gasteiger partial charge in [0.25, 0.3) is 0 Å². The van der Waals surface area contributed by atoms with Crippen LogP contribution in [0.3, 0.4) is 0 Å². The minimum atomic E-state index is -1.28. The van der Waals surface area contributed by atoms with E-state index in [-0.39, 0.29) is 17.1 Å². The number of benzene rings is 3. The van der Waals surface area contributed by atoms with Crippen molar-refractivity contribution in [3.8, 4) is 23.0 Å². The zero-order valence-electron chi connectivity index (χ0n) is 14.8. The number of rotatable bonds is 2. The molecule has 0 amide bonds. The molecule has 1 unspecified atom stereocenters. The molecule has 6 nitrogen and oxygen atoms in total. The molecule has 2 aliphatic heterocycles. The van der Waals surface area contributed by atoms with Crippen molar-refractivity contribution in [2.24, 2.45) is 0 Å². The molecule has 0 fully saturated rings. The largest absolute Gasteiger partial charge is 0.507 e. The van der Waals surface area contributed by atoms with E-state index < -0.39 is 11.6 Å². The molecule has 2 aliphatic rings. The second kappa shape index (κ2) is 5.60. The summed E-state index contributed by atoms with van der Waals surface area (Å²) in [6.45, 7) is 0. The van der Waals surface area contributed by atoms with E-state index >= 15 is 0 Å². The molecule has 138 valence electrons. The number of hydrogen-bond donors (Lipinski definition) is 1. The van der Waals surface area contributed by atoms with Crippen LogP contribution < -0.4 is 9.47 Å². The number of fused-ring (bicyclic) bond motifs is 6. The number of ether oxygens (including phenoxy) is 3. The lowest BCUT2D eigenvalue weighted by molar-refractivity contribution is 0.0224. The maximum absolute atomic E-state index is 12.7. The lowest BCUT2D eigenvalue weighted by atomic mass is 9.77. The number of aromatic hydroxyl groups is 1. The highest BCUT2D eigenvalue weighted by molar-refractivity contribution is 5.97. The average Bonchev–Trinajstić information content (AvgIpc) is 3.01. The van der Waals surface area contributed by atoms with Gasteiger partial charge >= 0.3 is 5.97 Å². The molecule has 28 heavy (non-hydrogen) atoms. The number of phenolic OH excluding ortho intramolecular Hbond substituents is 1. The Balaban J connectivity index is 1.92. The van der Waals surface area contributed by atoms with Gasteiger partial charge in [-0.2, -0.15) is 0 Å². The molecule has 0 radical (unpaired) electrons. The topological polar surface area (TPSA) is 82.1 Å². The highest BCUT2D eigenvalue weighted by Gasteiger charge is 2.54. The Kier molecular flexibility index (Phi) is 3.27. The molecule has 0 bridgehead atoms. The van der Waals surface area contributed by atoms with E-state index in [1.165, 1.54) is 13.2 Å². The van der Waals surface area contributed by atoms with Crippen LogP contribution in [0.25, 0.3) is 0 Å². The Morgan fingerprint density at radius 2 is 1.82 bits per heavy atom. The van der Waals surface area contributed by atoms with Crippen LogP contribution in [0.15, 0.2) is 54.6 Å². The molecule has 3 aromatic carbocycles. The summed E-state index contributed by atoms with van der Waals surface area (Å²) in [5.74, 6) is 0.395. The van der Waals surface area contributed by atoms with Gasteiger partial charge in [0.2, 0.25) is 0 Å². The predicted octanol–water partition coefficient (Wildman–Crippen LogP) is 3.78. The van der Waals surface area contributed by atoms with Crippen molar-refractivity contribution in [1.29, 1.82) is 0 Å². The van der Waals surface area contributed by atoms with Crippen LogP contribution >= 0.6 is 0 Å². The van der Waals surface area contributed by atoms with Crippen molar-refractivity contribution in [2.45, 2.75) is 5.60 Å². The number of aldehydes is 1. The van der Waals surface area contributed by atoms with E-state index in [2.05, 4.69) is 0 Å². The number of phenols is 1. The molecule has 1 N–H and O–H groups in total. The fourth-order valence-corrected chi connectivity index (χ4v) is 3.97. The summed E-state index contributed by atoms with van der Waals surface area (Å²) in [6, 6.07) is 15.3. The quantitative estimate of drug-likeness (QED) is 0.543. The van der Waals surface area contributed by atoms with Gasteiger partial charge in [0, 0.05) is 22.8 Å². The van der Waals surface area contributed by atoms with Gasteiger partial charge in [0.05, 0.1) is 18.2 Å². The summed E-state index contributed by atoms with van der Waals surface area (Å²) >= 11 is 0. The minimum absolute atomic E-state index is 0.00854. The van der Waals surface area contributed by atoms with E-state index in [4.69, 9.17) is 14.2 Å². The van der Waals surface area contributed by atoms with E-state index in [0.717, 1.165) is 0 Å². The van der Waals surface area contributed by atoms with Crippen molar-refractivity contribution in [3.63, 3.8) is 0 Å². The van der Waals surface area contributed by atoms with Gasteiger partial charge in [-0.05, 0) is 30.3 Å². The highest BCUT2D eigenvalue weighted by Crippen LogP contribution is 2.57. The molecule has 1 atom stereocenters. The molecule has 5 rings (SSSR count). The summed E-state index contributed by atoms with van der Waals surface area (Å²) in [5, 5.41) is 10.2. The highest BCUT2D eigenvalue weighted by atomic mass is 16.6. The number of hydrogen-bond acceptors (Lipinski definition) is 6. The number of carbonyl (C=O) groups excluding carboxylic acids is 2. The first-order valence-corrected chi connectivity index (χ1v) is 8.61. The van der Waals surface area contributed by atoms with Gasteiger partial charge in [0.1, 0.15) is 23.0 Å². The minimum Gasteiger partial charge on any atom is -0.507 e. The fourth-order valence-electron chi connectivity index (χ4n) is 3.97. The Morgan fingerprint density at radius 3 is 2.61 bits per heavy atom. The normalized spacial score (nSPS) is 18.5. The molecule has 0 aliphatic carbocycles. The molecule has 3 aromatic rings. The number of esters is 1. The first-order valence-electron chi connectivity index (χ1n) is 8.61. The standard InChI is InChI=1S/C22H14O6/c1-26-12-6-7-16-19(10-12)27-20-14(11-23)18(24)9-8-17(20)22(16)15-5-3-2-4-13(15)21(25)28-22/h2-11,24H,1H3. The van der Waals surface area contributed by atoms with Gasteiger partial charge in [0.15, 0.2) is 11.9 Å². The van der Waals surface area contributed by atoms with Crippen LogP contribution in [-0.4, -0.2) is 24.5 Å². The van der Waals surface area contributed by atoms with Gasteiger partial charge in [-0.25, -0.2) is 4.79 Å². The zero-order valence-corrected chi connectivity index (χ0v) is 14.8. The van der Waals surface area contributed by atoms with E-state index in [0.29, 0.717) is 40.0 Å². The smallest absolute Gasteiger partial charge is 0.340 e. The Morgan fingerprint density at radius 1 is 1.04 bits per heavy atom. The summed E-state index contributed by atoms with van der Waals surface area (Å²) in [6.07, 6.45) is 0.524. The van der Waals surface area contributed by atoms with Crippen LogP contribution in [0.1, 0.15) is 37.4 Å². The third kappa shape index (κ3) is 1.91. The molecular formula is C22H14O6. The van der Waals surface area contributed by atoms with E-state index in [9.17, 15) is 14.7 Å². The molecule has 1 spiro atoms. The Labute approximate surface area is 159 Å². The summed E-state index contributed by atoms with van der Waals surface area (Å²) < 4.78 is 17.2. The van der Waals surface area contributed by atoms with Crippen molar-refractivity contribution in [3.05, 3.63) is 82.4 Å². The summed E-state index contributed by atoms with van der Waals surface area (Å²) in [7, 11) is 1.53. The SMILES string of the molecule is COc1ccc2c(c1)Oc1c(ccc(O)c1C=O)C21OC(=O)c2ccccc21. The second-order valence-electron chi connectivity index (χ2n) is 6.57. The summed E-state index contributed by atoms with van der Waals surface area (Å²) in [5.41, 5.74) is 0.890. The molecule has 0 saturated heterocycles. The Hall–Kier alpha value is -3.80. The van der Waals surface area contributed by atoms with Crippen LogP contribution in [0, 0.1) is 0 Å². The maximum Gasteiger partial charge on any atom is 0.340 e. The lowest BCUT2D eigenvalue weighted by Gasteiger charge is -2.37. The monoisotopic (exact) mass is 374 g/mol. The molecule has 0 saturated carbocycles. The Bertz CT molecular complexity index is 1170. The lowest BCUT2D eigenvalue weighted by Crippen LogP contribution is -2.33. The van der Waals surface area contributed by atoms with Crippen molar-refractivity contribution >= 4 is 12.3 Å². The van der Waals surface area contributed by atoms with Crippen molar-refractivity contribution in [2.75, 3.05) is 7.11 Å². The molecule has 6 heteroatoms. The molecule has 2 heterocycles. The van der Waals surface area contributed by atoms with Gasteiger partial charge in [-0.1, -0.05) is 18.2 Å². The van der Waals surface area contributed by atoms with Crippen LogP contribution in [0.4, 0.5) is 0 Å². The summed E-state index contributed by atoms with van der Waals surface area (Å²) in [4.78, 5) is 24.4. The number of carbonyl (C=O) groups is 2. The third-order valence-corrected chi connectivity index (χ3v) is 5.22. The third-order valence-electron chi connectivity index (χ3n) is 5.22. The fraction of sp³-hybridized carbons (Fsp3) is 0.0909. The molecular weight excluding hydrogens is 360 g/mol. The van der Waals surface area contributed by atoms with Gasteiger partial charge < -0.3 is 19.3 Å². The van der Waals surface area contributed by atoms with Gasteiger partial charge in [-0.15, -0.1) is 0 Å². The first-order chi connectivity index (χ1) is 13.6.